The fourth-order valence-electron chi connectivity index (χ4n) is 6.22. The number of aliphatic hydroxyl groups excluding tert-OH is 2. The van der Waals surface area contributed by atoms with Crippen LogP contribution in [0.15, 0.2) is 41.8 Å². The quantitative estimate of drug-likeness (QED) is 0.264. The van der Waals surface area contributed by atoms with Crippen LogP contribution in [-0.4, -0.2) is 97.6 Å². The number of anilines is 1. The summed E-state index contributed by atoms with van der Waals surface area (Å²) >= 11 is 0. The summed E-state index contributed by atoms with van der Waals surface area (Å²) in [5.41, 5.74) is 1.52. The highest BCUT2D eigenvalue weighted by Crippen LogP contribution is 2.39. The minimum atomic E-state index is -4.61. The number of H-pyrrole nitrogens is 1. The second-order valence-electron chi connectivity index (χ2n) is 11.4. The molecule has 2 aliphatic heterocycles. The van der Waals surface area contributed by atoms with Crippen LogP contribution >= 0.6 is 0 Å². The van der Waals surface area contributed by atoms with Gasteiger partial charge in [-0.3, -0.25) is 19.5 Å². The van der Waals surface area contributed by atoms with E-state index >= 15 is 0 Å². The normalized spacial score (nSPS) is 22.8. The van der Waals surface area contributed by atoms with E-state index in [9.17, 15) is 23.4 Å². The molecule has 0 radical (unpaired) electrons. The zero-order valence-corrected chi connectivity index (χ0v) is 23.7. The molecular formula is C29H37F3N8O3. The van der Waals surface area contributed by atoms with Crippen molar-refractivity contribution in [1.82, 2.24) is 29.5 Å². The number of aliphatic imine (C=N–C) groups is 1. The van der Waals surface area contributed by atoms with E-state index in [0.29, 0.717) is 30.5 Å². The molecule has 3 aliphatic rings. The van der Waals surface area contributed by atoms with Gasteiger partial charge in [-0.2, -0.15) is 18.3 Å². The standard InChI is InChI=1S/C29H37F3N8O3/c30-29(31,32)25-11-19(16-38(7-9-41)8-10-42)12-26(37-25)43-23-2-5-39(6-3-23)21-13-22(14-21)40-17-20(15-36-40)27-24-1-4-33-28(24)35-18-34-27/h1,4,11-12,15,17-18,21-23,27,33,41-42H,2-3,5-10,13-14,16H2,(H,34,35). The number of likely N-dealkylation sites (tertiary alicyclic amines) is 1. The third kappa shape index (κ3) is 6.71. The topological polar surface area (TPSA) is 127 Å². The molecule has 1 saturated heterocycles. The third-order valence-electron chi connectivity index (χ3n) is 8.58. The second-order valence-corrected chi connectivity index (χ2v) is 11.4. The number of pyridine rings is 1. The summed E-state index contributed by atoms with van der Waals surface area (Å²) in [7, 11) is 0. The van der Waals surface area contributed by atoms with Gasteiger partial charge in [0.25, 0.3) is 0 Å². The van der Waals surface area contributed by atoms with Crippen LogP contribution in [0.5, 0.6) is 5.88 Å². The maximum absolute atomic E-state index is 13.6. The average molecular weight is 603 g/mol. The highest BCUT2D eigenvalue weighted by molar-refractivity contribution is 5.79. The molecule has 0 bridgehead atoms. The Kier molecular flexibility index (Phi) is 8.71. The lowest BCUT2D eigenvalue weighted by Gasteiger charge is -2.45. The summed E-state index contributed by atoms with van der Waals surface area (Å²) in [6.45, 7) is 1.91. The molecule has 4 N–H and O–H groups in total. The Morgan fingerprint density at radius 3 is 2.56 bits per heavy atom. The van der Waals surface area contributed by atoms with Crippen LogP contribution in [0, 0.1) is 0 Å². The summed E-state index contributed by atoms with van der Waals surface area (Å²) < 4.78 is 48.9. The molecule has 3 aromatic heterocycles. The number of piperidine rings is 1. The number of halogens is 3. The minimum absolute atomic E-state index is 0.0424. The minimum Gasteiger partial charge on any atom is -0.474 e. The summed E-state index contributed by atoms with van der Waals surface area (Å²) in [6.07, 6.45) is 6.15. The first kappa shape index (κ1) is 29.6. The molecule has 2 fully saturated rings. The molecule has 1 aliphatic carbocycles. The van der Waals surface area contributed by atoms with Crippen molar-refractivity contribution >= 4 is 12.2 Å². The van der Waals surface area contributed by atoms with E-state index in [0.717, 1.165) is 48.9 Å². The third-order valence-corrected chi connectivity index (χ3v) is 8.58. The van der Waals surface area contributed by atoms with Crippen molar-refractivity contribution < 1.29 is 28.1 Å². The number of ether oxygens (including phenoxy) is 1. The fraction of sp³-hybridized carbons (Fsp3) is 0.552. The maximum atomic E-state index is 13.6. The molecule has 1 unspecified atom stereocenters. The number of aliphatic hydroxyl groups is 2. The molecule has 0 aromatic carbocycles. The van der Waals surface area contributed by atoms with E-state index in [-0.39, 0.29) is 50.9 Å². The molecule has 232 valence electrons. The lowest BCUT2D eigenvalue weighted by Crippen LogP contribution is -2.50. The summed E-state index contributed by atoms with van der Waals surface area (Å²) in [5.74, 6) is 0.912. The molecular weight excluding hydrogens is 565 g/mol. The number of hydrogen-bond acceptors (Lipinski definition) is 9. The van der Waals surface area contributed by atoms with E-state index < -0.39 is 11.9 Å². The Morgan fingerprint density at radius 2 is 1.84 bits per heavy atom. The second kappa shape index (κ2) is 12.6. The SMILES string of the molecule is OCCN(CCO)Cc1cc(OC2CCN(C3CC(n4cc(C5N=CNc6[nH]ccc65)cn4)C3)CC2)nc(C(F)(F)F)c1. The first-order valence-electron chi connectivity index (χ1n) is 14.7. The number of rotatable bonds is 11. The van der Waals surface area contributed by atoms with Crippen LogP contribution in [0.4, 0.5) is 19.0 Å². The van der Waals surface area contributed by atoms with Gasteiger partial charge in [-0.15, -0.1) is 0 Å². The van der Waals surface area contributed by atoms with Gasteiger partial charge in [0.05, 0.1) is 31.8 Å². The summed E-state index contributed by atoms with van der Waals surface area (Å²) in [4.78, 5) is 15.7. The molecule has 3 aromatic rings. The Balaban J connectivity index is 1.02. The summed E-state index contributed by atoms with van der Waals surface area (Å²) in [6, 6.07) is 5.26. The van der Waals surface area contributed by atoms with E-state index in [1.807, 2.05) is 23.1 Å². The number of nitrogens with one attached hydrogen (secondary N) is 2. The van der Waals surface area contributed by atoms with Crippen molar-refractivity contribution in [1.29, 1.82) is 0 Å². The smallest absolute Gasteiger partial charge is 0.433 e. The number of hydrogen-bond donors (Lipinski definition) is 4. The fourth-order valence-corrected chi connectivity index (χ4v) is 6.22. The van der Waals surface area contributed by atoms with E-state index in [2.05, 4.69) is 36.5 Å². The number of aromatic amines is 1. The molecule has 1 atom stereocenters. The maximum Gasteiger partial charge on any atom is 0.433 e. The van der Waals surface area contributed by atoms with Crippen molar-refractivity contribution in [3.8, 4) is 5.88 Å². The Bertz CT molecular complexity index is 1390. The largest absolute Gasteiger partial charge is 0.474 e. The predicted molar refractivity (Wildman–Crippen MR) is 153 cm³/mol. The van der Waals surface area contributed by atoms with Crippen molar-refractivity contribution in [2.45, 2.75) is 62.6 Å². The van der Waals surface area contributed by atoms with Crippen molar-refractivity contribution in [3.05, 3.63) is 59.2 Å². The van der Waals surface area contributed by atoms with Gasteiger partial charge in [-0.05, 0) is 43.4 Å². The monoisotopic (exact) mass is 602 g/mol. The highest BCUT2D eigenvalue weighted by Gasteiger charge is 2.38. The van der Waals surface area contributed by atoms with Gasteiger partial charge in [0.2, 0.25) is 5.88 Å². The van der Waals surface area contributed by atoms with Gasteiger partial charge in [0, 0.05) is 68.4 Å². The van der Waals surface area contributed by atoms with Gasteiger partial charge in [-0.25, -0.2) is 4.98 Å². The average Bonchev–Trinajstić information content (AvgIpc) is 3.63. The molecule has 11 nitrogen and oxygen atoms in total. The highest BCUT2D eigenvalue weighted by atomic mass is 19.4. The van der Waals surface area contributed by atoms with Gasteiger partial charge < -0.3 is 25.3 Å². The van der Waals surface area contributed by atoms with Gasteiger partial charge in [0.15, 0.2) is 0 Å². The van der Waals surface area contributed by atoms with Crippen LogP contribution in [0.2, 0.25) is 0 Å². The molecule has 1 saturated carbocycles. The zero-order chi connectivity index (χ0) is 30.0. The van der Waals surface area contributed by atoms with Crippen molar-refractivity contribution in [3.63, 3.8) is 0 Å². The first-order chi connectivity index (χ1) is 20.8. The molecule has 43 heavy (non-hydrogen) atoms. The first-order valence-corrected chi connectivity index (χ1v) is 14.7. The van der Waals surface area contributed by atoms with Crippen molar-refractivity contribution in [2.24, 2.45) is 4.99 Å². The Hall–Kier alpha value is -3.46. The van der Waals surface area contributed by atoms with Crippen molar-refractivity contribution in [2.75, 3.05) is 44.7 Å². The van der Waals surface area contributed by atoms with Gasteiger partial charge in [-0.1, -0.05) is 0 Å². The van der Waals surface area contributed by atoms with Crippen LogP contribution < -0.4 is 10.1 Å². The lowest BCUT2D eigenvalue weighted by atomic mass is 9.84. The van der Waals surface area contributed by atoms with E-state index in [1.54, 1.807) is 11.2 Å². The predicted octanol–water partition coefficient (Wildman–Crippen LogP) is 3.20. The molecule has 6 rings (SSSR count). The van der Waals surface area contributed by atoms with E-state index in [4.69, 9.17) is 4.74 Å². The number of alkyl halides is 3. The zero-order valence-electron chi connectivity index (χ0n) is 23.7. The van der Waals surface area contributed by atoms with Crippen LogP contribution in [0.25, 0.3) is 0 Å². The number of fused-ring (bicyclic) bond motifs is 1. The van der Waals surface area contributed by atoms with Crippen LogP contribution in [0.1, 0.15) is 60.2 Å². The number of nitrogens with zero attached hydrogens (tertiary/aromatic N) is 6. The Labute approximate surface area is 247 Å². The summed E-state index contributed by atoms with van der Waals surface area (Å²) in [5, 5.41) is 26.3. The molecule has 0 spiro atoms. The number of aromatic nitrogens is 4. The molecule has 5 heterocycles. The van der Waals surface area contributed by atoms with Gasteiger partial charge in [0.1, 0.15) is 23.7 Å². The van der Waals surface area contributed by atoms with Gasteiger partial charge >= 0.3 is 6.18 Å². The van der Waals surface area contributed by atoms with E-state index in [1.165, 1.54) is 6.07 Å². The van der Waals surface area contributed by atoms with Crippen LogP contribution in [-0.2, 0) is 12.7 Å². The van der Waals surface area contributed by atoms with Crippen LogP contribution in [0.3, 0.4) is 0 Å². The Morgan fingerprint density at radius 1 is 1.07 bits per heavy atom. The molecule has 14 heteroatoms. The molecule has 0 amide bonds. The lowest BCUT2D eigenvalue weighted by molar-refractivity contribution is -0.141.